The Morgan fingerprint density at radius 3 is 3.00 bits per heavy atom. The fourth-order valence-electron chi connectivity index (χ4n) is 1.49. The van der Waals surface area contributed by atoms with Gasteiger partial charge >= 0.3 is 0 Å². The van der Waals surface area contributed by atoms with Gasteiger partial charge < -0.3 is 10.3 Å². The highest BCUT2D eigenvalue weighted by atomic mass is 15.2. The summed E-state index contributed by atoms with van der Waals surface area (Å²) in [5.41, 5.74) is 1.23. The lowest BCUT2D eigenvalue weighted by Crippen LogP contribution is -2.19. The van der Waals surface area contributed by atoms with Crippen molar-refractivity contribution in [1.82, 2.24) is 25.5 Å². The van der Waals surface area contributed by atoms with E-state index in [1.807, 2.05) is 12.4 Å². The van der Waals surface area contributed by atoms with Gasteiger partial charge in [0.05, 0.1) is 6.04 Å². The van der Waals surface area contributed by atoms with Gasteiger partial charge in [0.1, 0.15) is 5.82 Å². The molecule has 0 spiro atoms. The Morgan fingerprint density at radius 1 is 1.50 bits per heavy atom. The Balaban J connectivity index is 1.90. The second-order valence-electron chi connectivity index (χ2n) is 3.82. The minimum atomic E-state index is 0.159. The van der Waals surface area contributed by atoms with Gasteiger partial charge in [-0.25, -0.2) is 4.98 Å². The van der Waals surface area contributed by atoms with Crippen LogP contribution in [0.5, 0.6) is 0 Å². The van der Waals surface area contributed by atoms with E-state index in [4.69, 9.17) is 0 Å². The fraction of sp³-hybridized carbons (Fsp3) is 0.455. The van der Waals surface area contributed by atoms with Crippen LogP contribution in [0.25, 0.3) is 0 Å². The summed E-state index contributed by atoms with van der Waals surface area (Å²) in [6.45, 7) is 4.94. The summed E-state index contributed by atoms with van der Waals surface area (Å²) in [4.78, 5) is 7.42. The monoisotopic (exact) mass is 219 g/mol. The molecule has 0 bridgehead atoms. The van der Waals surface area contributed by atoms with Gasteiger partial charge in [0.25, 0.3) is 0 Å². The van der Waals surface area contributed by atoms with E-state index in [0.29, 0.717) is 0 Å². The van der Waals surface area contributed by atoms with Gasteiger partial charge in [0.2, 0.25) is 0 Å². The van der Waals surface area contributed by atoms with Gasteiger partial charge in [0.15, 0.2) is 5.82 Å². The van der Waals surface area contributed by atoms with Gasteiger partial charge in [-0.2, -0.15) is 5.10 Å². The second-order valence-corrected chi connectivity index (χ2v) is 3.82. The molecular weight excluding hydrogens is 202 g/mol. The van der Waals surface area contributed by atoms with E-state index in [1.54, 1.807) is 0 Å². The molecule has 0 fully saturated rings. The van der Waals surface area contributed by atoms with Crippen LogP contribution in [0.2, 0.25) is 0 Å². The fourth-order valence-corrected chi connectivity index (χ4v) is 1.49. The Kier molecular flexibility index (Phi) is 3.36. The van der Waals surface area contributed by atoms with Crippen LogP contribution in [0, 0.1) is 0 Å². The summed E-state index contributed by atoms with van der Waals surface area (Å²) < 4.78 is 0. The third-order valence-corrected chi connectivity index (χ3v) is 2.55. The van der Waals surface area contributed by atoms with E-state index in [1.165, 1.54) is 5.56 Å². The number of aromatic nitrogens is 4. The molecule has 2 aromatic heterocycles. The molecule has 0 aliphatic heterocycles. The number of aromatic amines is 2. The van der Waals surface area contributed by atoms with Crippen LogP contribution in [0.1, 0.15) is 37.1 Å². The number of nitrogens with one attached hydrogen (secondary N) is 3. The lowest BCUT2D eigenvalue weighted by atomic mass is 10.3. The molecule has 0 aromatic carbocycles. The highest BCUT2D eigenvalue weighted by Crippen LogP contribution is 2.08. The van der Waals surface area contributed by atoms with E-state index in [-0.39, 0.29) is 6.04 Å². The molecule has 1 unspecified atom stereocenters. The molecule has 0 amide bonds. The second kappa shape index (κ2) is 4.94. The summed E-state index contributed by atoms with van der Waals surface area (Å²) in [7, 11) is 0. The summed E-state index contributed by atoms with van der Waals surface area (Å²) in [6, 6.07) is 2.21. The van der Waals surface area contributed by atoms with Crippen LogP contribution in [0.3, 0.4) is 0 Å². The number of nitrogens with zero attached hydrogens (tertiary/aromatic N) is 2. The largest absolute Gasteiger partial charge is 0.367 e. The number of rotatable bonds is 5. The predicted molar refractivity (Wildman–Crippen MR) is 61.8 cm³/mol. The Morgan fingerprint density at radius 2 is 2.38 bits per heavy atom. The SMILES string of the molecule is CCc1nc(C(C)NCc2cc[nH]c2)n[nH]1. The maximum Gasteiger partial charge on any atom is 0.167 e. The van der Waals surface area contributed by atoms with Gasteiger partial charge in [-0.1, -0.05) is 6.92 Å². The number of hydrogen-bond acceptors (Lipinski definition) is 3. The molecular formula is C11H17N5. The lowest BCUT2D eigenvalue weighted by Gasteiger charge is -2.08. The number of H-pyrrole nitrogens is 2. The molecule has 1 atom stereocenters. The average Bonchev–Trinajstić information content (AvgIpc) is 2.96. The molecule has 5 heteroatoms. The van der Waals surface area contributed by atoms with Crippen LogP contribution >= 0.6 is 0 Å². The normalized spacial score (nSPS) is 12.9. The molecule has 0 radical (unpaired) electrons. The van der Waals surface area contributed by atoms with Crippen molar-refractivity contribution in [1.29, 1.82) is 0 Å². The first-order valence-corrected chi connectivity index (χ1v) is 5.55. The number of hydrogen-bond donors (Lipinski definition) is 3. The van der Waals surface area contributed by atoms with Crippen LogP contribution in [-0.2, 0) is 13.0 Å². The van der Waals surface area contributed by atoms with Gasteiger partial charge in [0, 0.05) is 25.4 Å². The van der Waals surface area contributed by atoms with Crippen molar-refractivity contribution >= 4 is 0 Å². The molecule has 0 saturated heterocycles. The Bertz CT molecular complexity index is 417. The summed E-state index contributed by atoms with van der Waals surface area (Å²) in [6.07, 6.45) is 4.79. The van der Waals surface area contributed by atoms with Crippen LogP contribution in [0.4, 0.5) is 0 Å². The minimum absolute atomic E-state index is 0.159. The first kappa shape index (κ1) is 10.9. The molecule has 86 valence electrons. The Hall–Kier alpha value is -1.62. The van der Waals surface area contributed by atoms with Crippen LogP contribution < -0.4 is 5.32 Å². The maximum absolute atomic E-state index is 4.39. The van der Waals surface area contributed by atoms with Crippen molar-refractivity contribution in [3.8, 4) is 0 Å². The standard InChI is InChI=1S/C11H17N5/c1-3-10-14-11(16-15-10)8(2)13-7-9-4-5-12-6-9/h4-6,8,12-13H,3,7H2,1-2H3,(H,14,15,16). The first-order chi connectivity index (χ1) is 7.79. The van der Waals surface area contributed by atoms with Gasteiger partial charge in [-0.3, -0.25) is 5.10 Å². The Labute approximate surface area is 94.7 Å². The highest BCUT2D eigenvalue weighted by molar-refractivity contribution is 5.08. The van der Waals surface area contributed by atoms with Crippen LogP contribution in [-0.4, -0.2) is 20.2 Å². The molecule has 2 aromatic rings. The van der Waals surface area contributed by atoms with Crippen molar-refractivity contribution in [2.45, 2.75) is 32.9 Å². The van der Waals surface area contributed by atoms with E-state index in [9.17, 15) is 0 Å². The molecule has 3 N–H and O–H groups in total. The quantitative estimate of drug-likeness (QED) is 0.714. The lowest BCUT2D eigenvalue weighted by molar-refractivity contribution is 0.548. The van der Waals surface area contributed by atoms with E-state index >= 15 is 0 Å². The molecule has 2 rings (SSSR count). The zero-order valence-electron chi connectivity index (χ0n) is 9.62. The maximum atomic E-state index is 4.39. The van der Waals surface area contributed by atoms with Crippen molar-refractivity contribution in [3.63, 3.8) is 0 Å². The van der Waals surface area contributed by atoms with Crippen molar-refractivity contribution < 1.29 is 0 Å². The highest BCUT2D eigenvalue weighted by Gasteiger charge is 2.10. The smallest absolute Gasteiger partial charge is 0.167 e. The summed E-state index contributed by atoms with van der Waals surface area (Å²) in [5, 5.41) is 10.5. The van der Waals surface area contributed by atoms with E-state index in [0.717, 1.165) is 24.6 Å². The van der Waals surface area contributed by atoms with Gasteiger partial charge in [-0.15, -0.1) is 0 Å². The summed E-state index contributed by atoms with van der Waals surface area (Å²) in [5.74, 6) is 1.76. The third kappa shape index (κ3) is 2.49. The number of aryl methyl sites for hydroxylation is 1. The average molecular weight is 219 g/mol. The molecule has 0 aliphatic carbocycles. The predicted octanol–water partition coefficient (Wildman–Crippen LogP) is 1.55. The van der Waals surface area contributed by atoms with Crippen molar-refractivity contribution in [2.75, 3.05) is 0 Å². The topological polar surface area (TPSA) is 69.4 Å². The molecule has 0 saturated carbocycles. The van der Waals surface area contributed by atoms with E-state index in [2.05, 4.69) is 45.4 Å². The van der Waals surface area contributed by atoms with Crippen molar-refractivity contribution in [3.05, 3.63) is 35.7 Å². The van der Waals surface area contributed by atoms with Gasteiger partial charge in [-0.05, 0) is 18.6 Å². The molecule has 2 heterocycles. The molecule has 0 aliphatic rings. The van der Waals surface area contributed by atoms with Crippen LogP contribution in [0.15, 0.2) is 18.5 Å². The van der Waals surface area contributed by atoms with Crippen molar-refractivity contribution in [2.24, 2.45) is 0 Å². The zero-order chi connectivity index (χ0) is 11.4. The molecule has 16 heavy (non-hydrogen) atoms. The third-order valence-electron chi connectivity index (χ3n) is 2.55. The summed E-state index contributed by atoms with van der Waals surface area (Å²) >= 11 is 0. The minimum Gasteiger partial charge on any atom is -0.367 e. The molecule has 5 nitrogen and oxygen atoms in total. The van der Waals surface area contributed by atoms with E-state index < -0.39 is 0 Å². The zero-order valence-corrected chi connectivity index (χ0v) is 9.62. The first-order valence-electron chi connectivity index (χ1n) is 5.55.